The Bertz CT molecular complexity index is 1130. The van der Waals surface area contributed by atoms with Crippen LogP contribution in [0, 0.1) is 0 Å². The van der Waals surface area contributed by atoms with E-state index in [1.54, 1.807) is 6.08 Å². The van der Waals surface area contributed by atoms with Gasteiger partial charge in [-0.15, -0.1) is 0 Å². The van der Waals surface area contributed by atoms with Gasteiger partial charge in [0.1, 0.15) is 13.2 Å². The van der Waals surface area contributed by atoms with Crippen LogP contribution in [-0.4, -0.2) is 68.5 Å². The van der Waals surface area contributed by atoms with E-state index in [0.717, 1.165) is 64.2 Å². The third-order valence-corrected chi connectivity index (χ3v) is 12.2. The zero-order valence-corrected chi connectivity index (χ0v) is 41.5. The maximum Gasteiger partial charge on any atom is 0.268 e. The van der Waals surface area contributed by atoms with Crippen molar-refractivity contribution in [2.24, 2.45) is 0 Å². The number of carbonyl (C=O) groups excluding carboxylic acids is 1. The minimum Gasteiger partial charge on any atom is -0.756 e. The van der Waals surface area contributed by atoms with Crippen LogP contribution in [0.15, 0.2) is 48.6 Å². The molecule has 0 fully saturated rings. The van der Waals surface area contributed by atoms with Gasteiger partial charge in [0.15, 0.2) is 0 Å². The van der Waals surface area contributed by atoms with Gasteiger partial charge in [0, 0.05) is 6.42 Å². The van der Waals surface area contributed by atoms with E-state index in [9.17, 15) is 19.4 Å². The van der Waals surface area contributed by atoms with E-state index in [0.29, 0.717) is 17.4 Å². The Morgan fingerprint density at radius 2 is 0.918 bits per heavy atom. The minimum atomic E-state index is -4.60. The molecule has 2 N–H and O–H groups in total. The molecule has 0 saturated heterocycles. The van der Waals surface area contributed by atoms with Gasteiger partial charge >= 0.3 is 0 Å². The average Bonchev–Trinajstić information content (AvgIpc) is 3.21. The molecule has 8 nitrogen and oxygen atoms in total. The summed E-state index contributed by atoms with van der Waals surface area (Å²) < 4.78 is 23.2. The van der Waals surface area contributed by atoms with E-state index >= 15 is 0 Å². The number of allylic oxidation sites excluding steroid dienone is 7. The Hall–Kier alpha value is -1.54. The first kappa shape index (κ1) is 59.5. The highest BCUT2D eigenvalue weighted by molar-refractivity contribution is 7.45. The van der Waals surface area contributed by atoms with Gasteiger partial charge < -0.3 is 28.8 Å². The maximum atomic E-state index is 12.8. The molecule has 0 bridgehead atoms. The summed E-state index contributed by atoms with van der Waals surface area (Å²) in [5.74, 6) is -0.222. The molecule has 61 heavy (non-hydrogen) atoms. The van der Waals surface area contributed by atoms with Crippen LogP contribution in [0.25, 0.3) is 0 Å². The highest BCUT2D eigenvalue weighted by atomic mass is 31.2. The molecule has 0 saturated carbocycles. The van der Waals surface area contributed by atoms with Gasteiger partial charge in [-0.1, -0.05) is 197 Å². The monoisotopic (exact) mass is 879 g/mol. The summed E-state index contributed by atoms with van der Waals surface area (Å²) in [5, 5.41) is 13.8. The Morgan fingerprint density at radius 1 is 0.557 bits per heavy atom. The molecule has 0 aromatic rings. The van der Waals surface area contributed by atoms with Crippen LogP contribution in [-0.2, 0) is 18.4 Å². The molecular weight excluding hydrogens is 780 g/mol. The van der Waals surface area contributed by atoms with Crippen molar-refractivity contribution in [3.05, 3.63) is 48.6 Å². The van der Waals surface area contributed by atoms with Crippen molar-refractivity contribution in [1.29, 1.82) is 0 Å². The highest BCUT2D eigenvalue weighted by Gasteiger charge is 2.23. The number of phosphoric acid groups is 1. The van der Waals surface area contributed by atoms with Crippen molar-refractivity contribution in [2.45, 2.75) is 238 Å². The van der Waals surface area contributed by atoms with Crippen molar-refractivity contribution in [1.82, 2.24) is 5.32 Å². The van der Waals surface area contributed by atoms with Crippen molar-refractivity contribution in [3.63, 3.8) is 0 Å². The van der Waals surface area contributed by atoms with Crippen molar-refractivity contribution in [3.8, 4) is 0 Å². The lowest BCUT2D eigenvalue weighted by atomic mass is 10.0. The van der Waals surface area contributed by atoms with Crippen LogP contribution >= 0.6 is 7.82 Å². The molecule has 1 amide bonds. The third kappa shape index (κ3) is 46.3. The minimum absolute atomic E-state index is 0.0115. The third-order valence-electron chi connectivity index (χ3n) is 11.2. The summed E-state index contributed by atoms with van der Waals surface area (Å²) in [5.41, 5.74) is 0. The molecule has 358 valence electrons. The molecule has 3 atom stereocenters. The quantitative estimate of drug-likeness (QED) is 0.0273. The van der Waals surface area contributed by atoms with Crippen LogP contribution in [0.2, 0.25) is 0 Å². The number of quaternary nitrogens is 1. The second-order valence-electron chi connectivity index (χ2n) is 18.5. The predicted molar refractivity (Wildman–Crippen MR) is 261 cm³/mol. The number of aliphatic hydroxyl groups is 1. The lowest BCUT2D eigenvalue weighted by molar-refractivity contribution is -0.870. The summed E-state index contributed by atoms with van der Waals surface area (Å²) in [6.45, 7) is 4.59. The van der Waals surface area contributed by atoms with Crippen LogP contribution in [0.3, 0.4) is 0 Å². The van der Waals surface area contributed by atoms with E-state index in [1.165, 1.54) is 141 Å². The van der Waals surface area contributed by atoms with Gasteiger partial charge in [-0.05, 0) is 70.6 Å². The number of hydrogen-bond donors (Lipinski definition) is 2. The lowest BCUT2D eigenvalue weighted by Gasteiger charge is -2.29. The van der Waals surface area contributed by atoms with Gasteiger partial charge in [0.05, 0.1) is 39.9 Å². The van der Waals surface area contributed by atoms with E-state index in [-0.39, 0.29) is 12.5 Å². The second-order valence-corrected chi connectivity index (χ2v) is 19.9. The summed E-state index contributed by atoms with van der Waals surface area (Å²) in [7, 11) is 1.23. The lowest BCUT2D eigenvalue weighted by Crippen LogP contribution is -2.45. The number of hydrogen-bond acceptors (Lipinski definition) is 6. The Morgan fingerprint density at radius 3 is 1.36 bits per heavy atom. The Kier molecular flexibility index (Phi) is 42.6. The van der Waals surface area contributed by atoms with E-state index in [4.69, 9.17) is 9.05 Å². The summed E-state index contributed by atoms with van der Waals surface area (Å²) >= 11 is 0. The number of carbonyl (C=O) groups is 1. The summed E-state index contributed by atoms with van der Waals surface area (Å²) in [6.07, 6.45) is 56.2. The van der Waals surface area contributed by atoms with Gasteiger partial charge in [-0.2, -0.15) is 0 Å². The average molecular weight is 879 g/mol. The van der Waals surface area contributed by atoms with E-state index in [1.807, 2.05) is 27.2 Å². The normalized spacial score (nSPS) is 14.5. The van der Waals surface area contributed by atoms with Crippen LogP contribution in [0.1, 0.15) is 226 Å². The van der Waals surface area contributed by atoms with Gasteiger partial charge in [-0.3, -0.25) is 9.36 Å². The number of nitrogens with one attached hydrogen (secondary N) is 1. The molecule has 3 unspecified atom stereocenters. The standard InChI is InChI=1S/C52H99N2O6P/c1-6-8-10-12-14-16-18-20-21-22-23-24-25-26-27-28-29-30-31-32-33-34-35-37-39-41-43-45-51(55)50(49-60-61(57,58)59-48-47-54(3,4)5)53-52(56)46-44-42-40-38-36-19-17-15-13-11-9-7-2/h15,17,31-32,35,37,43,45,50-51,55H,6-14,16,18-30,33-34,36,38-42,44,46-49H2,1-5H3,(H-,53,56,57,58)/b17-15-,32-31+,37-35+,45-43+. The maximum absolute atomic E-state index is 12.8. The zero-order valence-electron chi connectivity index (χ0n) is 40.6. The van der Waals surface area contributed by atoms with Crippen LogP contribution < -0.4 is 10.2 Å². The molecule has 0 aromatic heterocycles. The van der Waals surface area contributed by atoms with Gasteiger partial charge in [0.25, 0.3) is 7.82 Å². The number of likely N-dealkylation sites (N-methyl/N-ethyl adjacent to an activating group) is 1. The first-order valence-electron chi connectivity index (χ1n) is 25.5. The number of aliphatic hydroxyl groups excluding tert-OH is 1. The summed E-state index contributed by atoms with van der Waals surface area (Å²) in [6, 6.07) is -0.913. The van der Waals surface area contributed by atoms with Gasteiger partial charge in [0.2, 0.25) is 5.91 Å². The van der Waals surface area contributed by atoms with Crippen LogP contribution in [0.5, 0.6) is 0 Å². The molecular formula is C52H99N2O6P. The zero-order chi connectivity index (χ0) is 45.0. The molecule has 0 aliphatic carbocycles. The SMILES string of the molecule is CCCCC/C=C\CCCCCCCC(=O)NC(COP(=O)([O-])OCC[N+](C)(C)C)C(O)/C=C/CC/C=C/CC/C=C/CCCCCCCCCCCCCCCCCCC. The second kappa shape index (κ2) is 43.7. The first-order valence-corrected chi connectivity index (χ1v) is 27.0. The molecule has 9 heteroatoms. The largest absolute Gasteiger partial charge is 0.756 e. The molecule has 0 aliphatic heterocycles. The topological polar surface area (TPSA) is 108 Å². The number of unbranched alkanes of at least 4 members (excludes halogenated alkanes) is 27. The predicted octanol–water partition coefficient (Wildman–Crippen LogP) is 14.2. The van der Waals surface area contributed by atoms with Gasteiger partial charge in [-0.25, -0.2) is 0 Å². The van der Waals surface area contributed by atoms with Crippen molar-refractivity contribution < 1.29 is 32.9 Å². The number of amides is 1. The molecule has 0 rings (SSSR count). The fraction of sp³-hybridized carbons (Fsp3) is 0.827. The molecule has 0 heterocycles. The van der Waals surface area contributed by atoms with Crippen LogP contribution in [0.4, 0.5) is 0 Å². The molecule has 0 aromatic carbocycles. The number of phosphoric ester groups is 1. The Labute approximate surface area is 378 Å². The highest BCUT2D eigenvalue weighted by Crippen LogP contribution is 2.38. The fourth-order valence-electron chi connectivity index (χ4n) is 7.18. The van der Waals surface area contributed by atoms with Crippen molar-refractivity contribution in [2.75, 3.05) is 40.9 Å². The smallest absolute Gasteiger partial charge is 0.268 e. The number of rotatable bonds is 46. The molecule has 0 aliphatic rings. The molecule has 0 radical (unpaired) electrons. The fourth-order valence-corrected chi connectivity index (χ4v) is 7.90. The summed E-state index contributed by atoms with van der Waals surface area (Å²) in [4.78, 5) is 25.3. The first-order chi connectivity index (χ1) is 29.5. The van der Waals surface area contributed by atoms with Crippen molar-refractivity contribution >= 4 is 13.7 Å². The van der Waals surface area contributed by atoms with E-state index < -0.39 is 26.6 Å². The number of nitrogens with zero attached hydrogens (tertiary/aromatic N) is 1. The Balaban J connectivity index is 4.29. The van der Waals surface area contributed by atoms with E-state index in [2.05, 4.69) is 55.6 Å². The molecule has 0 spiro atoms.